The van der Waals surface area contributed by atoms with E-state index >= 15 is 0 Å². The van der Waals surface area contributed by atoms with Gasteiger partial charge in [0.05, 0.1) is 11.1 Å². The molecule has 2 heterocycles. The highest BCUT2D eigenvalue weighted by Gasteiger charge is 2.35. The molecule has 100 valence electrons. The first kappa shape index (κ1) is 12.3. The molecular weight excluding hydrogens is 258 g/mol. The van der Waals surface area contributed by atoms with Crippen molar-refractivity contribution in [2.24, 2.45) is 0 Å². The minimum Gasteiger partial charge on any atom is -0.508 e. The number of imide groups is 1. The summed E-state index contributed by atoms with van der Waals surface area (Å²) in [7, 11) is 0. The largest absolute Gasteiger partial charge is 0.508 e. The Kier molecular flexibility index (Phi) is 2.92. The van der Waals surface area contributed by atoms with Crippen LogP contribution in [0.3, 0.4) is 0 Å². The molecule has 3 rings (SSSR count). The highest BCUT2D eigenvalue weighted by atomic mass is 16.3. The van der Waals surface area contributed by atoms with Gasteiger partial charge in [-0.05, 0) is 35.9 Å². The zero-order valence-electron chi connectivity index (χ0n) is 10.4. The molecule has 1 aliphatic heterocycles. The SMILES string of the molecule is O=C1c2ccc(O)cc2C(=O)N1NCc1ccncc1. The Morgan fingerprint density at radius 2 is 1.75 bits per heavy atom. The molecule has 0 fully saturated rings. The van der Waals surface area contributed by atoms with Gasteiger partial charge in [0.25, 0.3) is 11.8 Å². The normalized spacial score (nSPS) is 13.7. The van der Waals surface area contributed by atoms with Gasteiger partial charge >= 0.3 is 0 Å². The first-order valence-corrected chi connectivity index (χ1v) is 6.01. The highest BCUT2D eigenvalue weighted by Crippen LogP contribution is 2.25. The third-order valence-corrected chi connectivity index (χ3v) is 3.06. The van der Waals surface area contributed by atoms with Crippen molar-refractivity contribution in [3.05, 3.63) is 59.4 Å². The van der Waals surface area contributed by atoms with Crippen LogP contribution in [0.4, 0.5) is 0 Å². The van der Waals surface area contributed by atoms with E-state index in [1.165, 1.54) is 18.2 Å². The number of hydrogen-bond acceptors (Lipinski definition) is 5. The monoisotopic (exact) mass is 269 g/mol. The van der Waals surface area contributed by atoms with Crippen LogP contribution in [-0.2, 0) is 6.54 Å². The number of carbonyl (C=O) groups excluding carboxylic acids is 2. The number of aromatic nitrogens is 1. The van der Waals surface area contributed by atoms with Gasteiger partial charge in [0, 0.05) is 18.9 Å². The fourth-order valence-corrected chi connectivity index (χ4v) is 2.04. The molecule has 20 heavy (non-hydrogen) atoms. The van der Waals surface area contributed by atoms with Crippen molar-refractivity contribution in [1.29, 1.82) is 0 Å². The maximum absolute atomic E-state index is 12.1. The number of fused-ring (bicyclic) bond motifs is 1. The maximum atomic E-state index is 12.1. The number of amides is 2. The van der Waals surface area contributed by atoms with Crippen LogP contribution in [-0.4, -0.2) is 26.9 Å². The first-order valence-electron chi connectivity index (χ1n) is 6.01. The Labute approximate surface area is 114 Å². The lowest BCUT2D eigenvalue weighted by Gasteiger charge is -2.14. The van der Waals surface area contributed by atoms with E-state index in [-0.39, 0.29) is 16.9 Å². The van der Waals surface area contributed by atoms with E-state index < -0.39 is 11.8 Å². The summed E-state index contributed by atoms with van der Waals surface area (Å²) in [5.41, 5.74) is 4.18. The lowest BCUT2D eigenvalue weighted by molar-refractivity contribution is 0.0562. The van der Waals surface area contributed by atoms with Crippen LogP contribution in [0.5, 0.6) is 5.75 Å². The lowest BCUT2D eigenvalue weighted by Crippen LogP contribution is -2.41. The summed E-state index contributed by atoms with van der Waals surface area (Å²) in [6.07, 6.45) is 3.27. The number of rotatable bonds is 3. The molecule has 2 aromatic rings. The number of pyridine rings is 1. The van der Waals surface area contributed by atoms with E-state index in [1.54, 1.807) is 24.5 Å². The third kappa shape index (κ3) is 2.02. The topological polar surface area (TPSA) is 82.5 Å². The summed E-state index contributed by atoms with van der Waals surface area (Å²) in [5.74, 6) is -0.921. The quantitative estimate of drug-likeness (QED) is 0.815. The lowest BCUT2D eigenvalue weighted by atomic mass is 10.1. The molecular formula is C14H11N3O3. The van der Waals surface area contributed by atoms with Gasteiger partial charge < -0.3 is 5.11 Å². The molecule has 1 aromatic carbocycles. The molecule has 1 aliphatic rings. The predicted octanol–water partition coefficient (Wildman–Crippen LogP) is 1.09. The Balaban J connectivity index is 1.80. The predicted molar refractivity (Wildman–Crippen MR) is 69.7 cm³/mol. The van der Waals surface area contributed by atoms with Crippen LogP contribution in [0.2, 0.25) is 0 Å². The minimum atomic E-state index is -0.463. The molecule has 0 bridgehead atoms. The number of hydrogen-bond donors (Lipinski definition) is 2. The van der Waals surface area contributed by atoms with E-state index in [1.807, 2.05) is 0 Å². The number of carbonyl (C=O) groups is 2. The smallest absolute Gasteiger partial charge is 0.276 e. The molecule has 6 heteroatoms. The fraction of sp³-hybridized carbons (Fsp3) is 0.0714. The standard InChI is InChI=1S/C14H11N3O3/c18-10-1-2-11-12(7-10)14(20)17(13(11)19)16-8-9-3-5-15-6-4-9/h1-7,16,18H,8H2. The second-order valence-electron chi connectivity index (χ2n) is 4.37. The van der Waals surface area contributed by atoms with Crippen molar-refractivity contribution < 1.29 is 14.7 Å². The Morgan fingerprint density at radius 3 is 2.50 bits per heavy atom. The number of benzene rings is 1. The van der Waals surface area contributed by atoms with Gasteiger partial charge in [-0.2, -0.15) is 0 Å². The van der Waals surface area contributed by atoms with E-state index in [9.17, 15) is 14.7 Å². The van der Waals surface area contributed by atoms with Crippen LogP contribution in [0, 0.1) is 0 Å². The number of nitrogens with one attached hydrogen (secondary N) is 1. The van der Waals surface area contributed by atoms with Crippen LogP contribution < -0.4 is 5.43 Å². The van der Waals surface area contributed by atoms with Gasteiger partial charge in [-0.3, -0.25) is 14.6 Å². The number of hydrazine groups is 1. The molecule has 6 nitrogen and oxygen atoms in total. The Hall–Kier alpha value is -2.73. The Morgan fingerprint density at radius 1 is 1.05 bits per heavy atom. The summed E-state index contributed by atoms with van der Waals surface area (Å²) in [6.45, 7) is 0.333. The molecule has 0 saturated carbocycles. The van der Waals surface area contributed by atoms with Gasteiger partial charge in [-0.25, -0.2) is 10.4 Å². The first-order chi connectivity index (χ1) is 9.66. The van der Waals surface area contributed by atoms with Crippen LogP contribution in [0.15, 0.2) is 42.7 Å². The fourth-order valence-electron chi connectivity index (χ4n) is 2.04. The van der Waals surface area contributed by atoms with E-state index in [4.69, 9.17) is 0 Å². The van der Waals surface area contributed by atoms with Crippen LogP contribution in [0.25, 0.3) is 0 Å². The minimum absolute atomic E-state index is 0.0408. The molecule has 0 spiro atoms. The molecule has 1 aromatic heterocycles. The Bertz CT molecular complexity index is 685. The van der Waals surface area contributed by atoms with Gasteiger partial charge in [0.2, 0.25) is 0 Å². The van der Waals surface area contributed by atoms with Crippen LogP contribution in [0.1, 0.15) is 26.3 Å². The number of phenolic OH excluding ortho intramolecular Hbond substituents is 1. The molecule has 0 aliphatic carbocycles. The zero-order valence-corrected chi connectivity index (χ0v) is 10.4. The number of aromatic hydroxyl groups is 1. The van der Waals surface area contributed by atoms with Crippen molar-refractivity contribution in [3.63, 3.8) is 0 Å². The van der Waals surface area contributed by atoms with E-state index in [0.717, 1.165) is 10.6 Å². The molecule has 0 atom stereocenters. The van der Waals surface area contributed by atoms with E-state index in [0.29, 0.717) is 6.54 Å². The summed E-state index contributed by atoms with van der Waals surface area (Å²) >= 11 is 0. The van der Waals surface area contributed by atoms with Crippen molar-refractivity contribution >= 4 is 11.8 Å². The van der Waals surface area contributed by atoms with Gasteiger partial charge in [-0.15, -0.1) is 0 Å². The zero-order chi connectivity index (χ0) is 14.1. The summed E-state index contributed by atoms with van der Waals surface area (Å²) < 4.78 is 0. The average Bonchev–Trinajstić information content (AvgIpc) is 2.70. The van der Waals surface area contributed by atoms with Crippen molar-refractivity contribution in [1.82, 2.24) is 15.4 Å². The third-order valence-electron chi connectivity index (χ3n) is 3.06. The van der Waals surface area contributed by atoms with Gasteiger partial charge in [-0.1, -0.05) is 0 Å². The number of nitrogens with zero attached hydrogens (tertiary/aromatic N) is 2. The van der Waals surface area contributed by atoms with Gasteiger partial charge in [0.1, 0.15) is 5.75 Å². The maximum Gasteiger partial charge on any atom is 0.276 e. The molecule has 2 amide bonds. The van der Waals surface area contributed by atoms with Crippen molar-refractivity contribution in [3.8, 4) is 5.75 Å². The molecule has 0 unspecified atom stereocenters. The van der Waals surface area contributed by atoms with Crippen LogP contribution >= 0.6 is 0 Å². The molecule has 0 saturated heterocycles. The summed E-state index contributed by atoms with van der Waals surface area (Å²) in [5, 5.41) is 10.3. The highest BCUT2D eigenvalue weighted by molar-refractivity contribution is 6.21. The number of phenols is 1. The second-order valence-corrected chi connectivity index (χ2v) is 4.37. The molecule has 0 radical (unpaired) electrons. The average molecular weight is 269 g/mol. The summed E-state index contributed by atoms with van der Waals surface area (Å²) in [6, 6.07) is 7.70. The second kappa shape index (κ2) is 4.75. The summed E-state index contributed by atoms with van der Waals surface area (Å²) in [4.78, 5) is 28.1. The molecule has 2 N–H and O–H groups in total. The van der Waals surface area contributed by atoms with Crippen molar-refractivity contribution in [2.45, 2.75) is 6.54 Å². The van der Waals surface area contributed by atoms with Crippen molar-refractivity contribution in [2.75, 3.05) is 0 Å². The van der Waals surface area contributed by atoms with E-state index in [2.05, 4.69) is 10.4 Å². The van der Waals surface area contributed by atoms with Gasteiger partial charge in [0.15, 0.2) is 0 Å².